The van der Waals surface area contributed by atoms with Gasteiger partial charge in [0, 0.05) is 11.0 Å². The maximum atomic E-state index is 12.8. The average molecular weight is 254 g/mol. The van der Waals surface area contributed by atoms with E-state index in [4.69, 9.17) is 9.47 Å². The third-order valence-electron chi connectivity index (χ3n) is 3.30. The highest BCUT2D eigenvalue weighted by atomic mass is 19.1. The molecule has 0 aromatic heterocycles. The second kappa shape index (κ2) is 4.96. The molecular formula is C14H19FO3. The molecule has 1 aliphatic heterocycles. The number of hydrogen-bond donors (Lipinski definition) is 1. The standard InChI is InChI=1S/C14H19FO3/c1-3-8-13(2)9-17-14(16,18-10-13)11-4-6-12(15)7-5-11/h4-7,16H,3,8-10H2,1-2H3. The van der Waals surface area contributed by atoms with Crippen LogP contribution in [-0.2, 0) is 15.4 Å². The van der Waals surface area contributed by atoms with Crippen LogP contribution < -0.4 is 0 Å². The Kier molecular flexibility index (Phi) is 3.71. The van der Waals surface area contributed by atoms with Crippen molar-refractivity contribution in [3.63, 3.8) is 0 Å². The number of hydrogen-bond acceptors (Lipinski definition) is 3. The normalized spacial score (nSPS) is 32.4. The molecule has 4 heteroatoms. The van der Waals surface area contributed by atoms with Crippen LogP contribution in [0.2, 0.25) is 0 Å². The summed E-state index contributed by atoms with van der Waals surface area (Å²) < 4.78 is 23.8. The summed E-state index contributed by atoms with van der Waals surface area (Å²) >= 11 is 0. The molecule has 3 nitrogen and oxygen atoms in total. The molecule has 0 saturated carbocycles. The number of benzene rings is 1. The van der Waals surface area contributed by atoms with E-state index in [1.165, 1.54) is 24.3 Å². The SMILES string of the molecule is CCCC1(C)COC(O)(c2ccc(F)cc2)OC1. The van der Waals surface area contributed by atoms with Crippen LogP contribution in [0.1, 0.15) is 32.3 Å². The molecule has 0 atom stereocenters. The number of halogens is 1. The van der Waals surface area contributed by atoms with Crippen LogP contribution in [0.4, 0.5) is 4.39 Å². The van der Waals surface area contributed by atoms with Gasteiger partial charge in [-0.2, -0.15) is 0 Å². The second-order valence-electron chi connectivity index (χ2n) is 5.23. The Balaban J connectivity index is 2.09. The van der Waals surface area contributed by atoms with Gasteiger partial charge in [0.1, 0.15) is 5.82 Å². The van der Waals surface area contributed by atoms with Gasteiger partial charge in [-0.25, -0.2) is 4.39 Å². The summed E-state index contributed by atoms with van der Waals surface area (Å²) in [5.74, 6) is -2.10. The molecule has 18 heavy (non-hydrogen) atoms. The number of ether oxygens (including phenoxy) is 2. The van der Waals surface area contributed by atoms with Gasteiger partial charge < -0.3 is 14.6 Å². The first-order valence-electron chi connectivity index (χ1n) is 6.24. The molecule has 0 radical (unpaired) electrons. The van der Waals surface area contributed by atoms with Crippen molar-refractivity contribution in [3.05, 3.63) is 35.6 Å². The summed E-state index contributed by atoms with van der Waals surface area (Å²) in [7, 11) is 0. The Morgan fingerprint density at radius 3 is 2.28 bits per heavy atom. The van der Waals surface area contributed by atoms with Gasteiger partial charge in [-0.1, -0.05) is 20.3 Å². The molecule has 0 unspecified atom stereocenters. The van der Waals surface area contributed by atoms with E-state index in [2.05, 4.69) is 13.8 Å². The lowest BCUT2D eigenvalue weighted by Crippen LogP contribution is -2.46. The van der Waals surface area contributed by atoms with Crippen molar-refractivity contribution in [3.8, 4) is 0 Å². The van der Waals surface area contributed by atoms with Crippen LogP contribution in [-0.4, -0.2) is 18.3 Å². The minimum Gasteiger partial charge on any atom is -0.339 e. The quantitative estimate of drug-likeness (QED) is 0.901. The van der Waals surface area contributed by atoms with E-state index in [0.29, 0.717) is 18.8 Å². The van der Waals surface area contributed by atoms with E-state index >= 15 is 0 Å². The highest BCUT2D eigenvalue weighted by molar-refractivity contribution is 5.19. The Morgan fingerprint density at radius 1 is 1.22 bits per heavy atom. The van der Waals surface area contributed by atoms with Crippen molar-refractivity contribution >= 4 is 0 Å². The summed E-state index contributed by atoms with van der Waals surface area (Å²) in [6.45, 7) is 5.02. The van der Waals surface area contributed by atoms with Crippen molar-refractivity contribution in [2.24, 2.45) is 5.41 Å². The Labute approximate surface area is 107 Å². The molecule has 0 aliphatic carbocycles. The first-order chi connectivity index (χ1) is 8.47. The highest BCUT2D eigenvalue weighted by Gasteiger charge is 2.42. The zero-order valence-corrected chi connectivity index (χ0v) is 10.8. The molecule has 0 amide bonds. The second-order valence-corrected chi connectivity index (χ2v) is 5.23. The van der Waals surface area contributed by atoms with Crippen molar-refractivity contribution in [2.75, 3.05) is 13.2 Å². The summed E-state index contributed by atoms with van der Waals surface area (Å²) in [5.41, 5.74) is 0.350. The van der Waals surface area contributed by atoms with Crippen LogP contribution >= 0.6 is 0 Å². The van der Waals surface area contributed by atoms with Gasteiger partial charge in [-0.05, 0) is 30.7 Å². The van der Waals surface area contributed by atoms with Crippen molar-refractivity contribution in [1.82, 2.24) is 0 Å². The molecule has 1 N–H and O–H groups in total. The fourth-order valence-corrected chi connectivity index (χ4v) is 2.20. The third kappa shape index (κ3) is 2.71. The lowest BCUT2D eigenvalue weighted by Gasteiger charge is -2.41. The molecule has 0 spiro atoms. The molecule has 1 aromatic rings. The van der Waals surface area contributed by atoms with E-state index in [0.717, 1.165) is 12.8 Å². The molecule has 2 rings (SSSR count). The van der Waals surface area contributed by atoms with Crippen molar-refractivity contribution in [1.29, 1.82) is 0 Å². The van der Waals surface area contributed by atoms with Gasteiger partial charge >= 0.3 is 5.97 Å². The van der Waals surface area contributed by atoms with Gasteiger partial charge in [0.25, 0.3) is 0 Å². The van der Waals surface area contributed by atoms with Crippen LogP contribution in [0.3, 0.4) is 0 Å². The summed E-state index contributed by atoms with van der Waals surface area (Å²) in [6, 6.07) is 5.50. The Morgan fingerprint density at radius 2 is 1.78 bits per heavy atom. The molecule has 1 saturated heterocycles. The van der Waals surface area contributed by atoms with Crippen molar-refractivity contribution in [2.45, 2.75) is 32.7 Å². The summed E-state index contributed by atoms with van der Waals surface area (Å²) in [6.07, 6.45) is 2.02. The minimum atomic E-state index is -1.75. The molecule has 1 heterocycles. The van der Waals surface area contributed by atoms with Crippen molar-refractivity contribution < 1.29 is 19.0 Å². The van der Waals surface area contributed by atoms with Crippen LogP contribution in [0.15, 0.2) is 24.3 Å². The Bertz CT molecular complexity index is 394. The lowest BCUT2D eigenvalue weighted by molar-refractivity contribution is -0.414. The van der Waals surface area contributed by atoms with Crippen LogP contribution in [0.5, 0.6) is 0 Å². The Hall–Kier alpha value is -0.970. The first kappa shape index (κ1) is 13.5. The van der Waals surface area contributed by atoms with E-state index in [9.17, 15) is 9.50 Å². The largest absolute Gasteiger partial charge is 0.339 e. The molecule has 100 valence electrons. The van der Waals surface area contributed by atoms with Crippen LogP contribution in [0, 0.1) is 11.2 Å². The van der Waals surface area contributed by atoms with E-state index in [1.54, 1.807) is 0 Å². The van der Waals surface area contributed by atoms with Crippen LogP contribution in [0.25, 0.3) is 0 Å². The summed E-state index contributed by atoms with van der Waals surface area (Å²) in [4.78, 5) is 0. The number of rotatable bonds is 3. The average Bonchev–Trinajstić information content (AvgIpc) is 2.35. The fraction of sp³-hybridized carbons (Fsp3) is 0.571. The predicted molar refractivity (Wildman–Crippen MR) is 65.2 cm³/mol. The number of aliphatic hydroxyl groups is 1. The predicted octanol–water partition coefficient (Wildman–Crippen LogP) is 2.78. The molecular weight excluding hydrogens is 235 g/mol. The van der Waals surface area contributed by atoms with E-state index in [1.807, 2.05) is 0 Å². The topological polar surface area (TPSA) is 38.7 Å². The molecule has 1 aromatic carbocycles. The zero-order chi connectivity index (χ0) is 13.2. The van der Waals surface area contributed by atoms with E-state index < -0.39 is 5.97 Å². The fourth-order valence-electron chi connectivity index (χ4n) is 2.20. The maximum absolute atomic E-state index is 12.8. The van der Waals surface area contributed by atoms with Gasteiger partial charge in [0.05, 0.1) is 13.2 Å². The third-order valence-corrected chi connectivity index (χ3v) is 3.30. The summed E-state index contributed by atoms with van der Waals surface area (Å²) in [5, 5.41) is 10.3. The zero-order valence-electron chi connectivity index (χ0n) is 10.8. The van der Waals surface area contributed by atoms with Gasteiger partial charge in [-0.15, -0.1) is 0 Å². The monoisotopic (exact) mass is 254 g/mol. The molecule has 0 bridgehead atoms. The molecule has 1 fully saturated rings. The van der Waals surface area contributed by atoms with Gasteiger partial charge in [0.15, 0.2) is 0 Å². The van der Waals surface area contributed by atoms with E-state index in [-0.39, 0.29) is 11.2 Å². The van der Waals surface area contributed by atoms with Gasteiger partial charge in [0.2, 0.25) is 0 Å². The maximum Gasteiger partial charge on any atom is 0.309 e. The highest BCUT2D eigenvalue weighted by Crippen LogP contribution is 2.37. The molecule has 1 aliphatic rings. The smallest absolute Gasteiger partial charge is 0.309 e. The van der Waals surface area contributed by atoms with Gasteiger partial charge in [-0.3, -0.25) is 0 Å². The minimum absolute atomic E-state index is 0.0684. The first-order valence-corrected chi connectivity index (χ1v) is 6.24. The lowest BCUT2D eigenvalue weighted by atomic mass is 9.86.